The molecule has 16 rings (SSSR count). The van der Waals surface area contributed by atoms with Gasteiger partial charge in [0.15, 0.2) is 0 Å². The summed E-state index contributed by atoms with van der Waals surface area (Å²) in [5.41, 5.74) is 15.9. The van der Waals surface area contributed by atoms with Gasteiger partial charge in [-0.1, -0.05) is 145 Å². The molecule has 0 N–H and O–H groups in total. The molecular formula is C68H48N6S. The first kappa shape index (κ1) is 42.7. The van der Waals surface area contributed by atoms with Gasteiger partial charge < -0.3 is 0 Å². The van der Waals surface area contributed by atoms with Crippen LogP contribution in [0, 0.1) is 27.7 Å². The molecule has 75 heavy (non-hydrogen) atoms. The van der Waals surface area contributed by atoms with Crippen molar-refractivity contribution >= 4 is 116 Å². The number of hydrogen-bond donors (Lipinski definition) is 0. The van der Waals surface area contributed by atoms with E-state index in [2.05, 4.69) is 238 Å². The standard InChI is InChI=1S/C68H48N6S/c1-37-19-23-57-51(27-37)52-28-38(2)20-24-58(52)72(57)65-69-66(73-59-25-21-39(3)29-53(59)54-30-40(4)22-26-60(54)73)71-67(70-65)74-61-31-41-13-7-8-14-42(41)32-63(61)75-64-35-50-49-33-47-45-17-11-9-15-43(45)44-16-10-12-18-46(44)48(47)34-55(49)68(5,6)56(50)36-62(64)74/h7-36H,1-6H3. The van der Waals surface area contributed by atoms with E-state index < -0.39 is 0 Å². The minimum Gasteiger partial charge on any atom is -0.278 e. The highest BCUT2D eigenvalue weighted by molar-refractivity contribution is 7.99. The molecule has 11 aromatic carbocycles. The van der Waals surface area contributed by atoms with E-state index in [4.69, 9.17) is 15.0 Å². The molecule has 2 aliphatic rings. The molecule has 7 heteroatoms. The fraction of sp³-hybridized carbons (Fsp3) is 0.103. The predicted molar refractivity (Wildman–Crippen MR) is 314 cm³/mol. The monoisotopic (exact) mass is 980 g/mol. The van der Waals surface area contributed by atoms with Gasteiger partial charge in [-0.2, -0.15) is 15.0 Å². The van der Waals surface area contributed by atoms with E-state index in [1.54, 1.807) is 0 Å². The first-order valence-corrected chi connectivity index (χ1v) is 26.7. The summed E-state index contributed by atoms with van der Waals surface area (Å²) in [5.74, 6) is 1.66. The highest BCUT2D eigenvalue weighted by atomic mass is 32.2. The molecule has 0 saturated heterocycles. The molecule has 0 amide bonds. The SMILES string of the molecule is Cc1ccc2c(c1)c1cc(C)ccc1n2-c1nc(N2c3cc4c(cc3Sc3cc5ccccc5cc32)-c2cc3c5ccccc5c5ccccc5c3cc2C4(C)C)nc(-n2c3ccc(C)cc3c3cc(C)ccc32)n1. The summed E-state index contributed by atoms with van der Waals surface area (Å²) in [5, 5.41) is 14.7. The van der Waals surface area contributed by atoms with E-state index >= 15 is 0 Å². The Kier molecular flexibility index (Phi) is 8.63. The highest BCUT2D eigenvalue weighted by Crippen LogP contribution is 2.59. The molecule has 0 saturated carbocycles. The van der Waals surface area contributed by atoms with E-state index in [-0.39, 0.29) is 5.41 Å². The van der Waals surface area contributed by atoms with Gasteiger partial charge in [0.25, 0.3) is 0 Å². The van der Waals surface area contributed by atoms with Crippen LogP contribution in [0.3, 0.4) is 0 Å². The van der Waals surface area contributed by atoms with Crippen molar-refractivity contribution in [2.45, 2.75) is 56.7 Å². The van der Waals surface area contributed by atoms with Crippen LogP contribution in [0.5, 0.6) is 0 Å². The molecule has 4 heterocycles. The second-order valence-corrected chi connectivity index (χ2v) is 22.7. The van der Waals surface area contributed by atoms with Gasteiger partial charge in [-0.25, -0.2) is 0 Å². The summed E-state index contributed by atoms with van der Waals surface area (Å²) in [6, 6.07) is 67.9. The van der Waals surface area contributed by atoms with Gasteiger partial charge in [-0.05, 0) is 178 Å². The number of benzene rings is 11. The molecule has 0 bridgehead atoms. The molecule has 3 aromatic heterocycles. The predicted octanol–water partition coefficient (Wildman–Crippen LogP) is 18.2. The third kappa shape index (κ3) is 6.01. The maximum Gasteiger partial charge on any atom is 0.241 e. The van der Waals surface area contributed by atoms with Crippen LogP contribution in [0.4, 0.5) is 17.3 Å². The van der Waals surface area contributed by atoms with Crippen LogP contribution in [0.2, 0.25) is 0 Å². The number of fused-ring (bicyclic) bond motifs is 18. The molecule has 14 aromatic rings. The molecule has 1 aliphatic carbocycles. The van der Waals surface area contributed by atoms with Crippen molar-refractivity contribution in [3.8, 4) is 23.0 Å². The Balaban J connectivity index is 1.00. The largest absolute Gasteiger partial charge is 0.278 e. The van der Waals surface area contributed by atoms with E-state index in [9.17, 15) is 0 Å². The van der Waals surface area contributed by atoms with Crippen molar-refractivity contribution in [3.63, 3.8) is 0 Å². The first-order chi connectivity index (χ1) is 36.5. The summed E-state index contributed by atoms with van der Waals surface area (Å²) in [4.78, 5) is 21.7. The second kappa shape index (κ2) is 15.2. The normalized spacial score (nSPS) is 13.8. The number of aromatic nitrogens is 5. The summed E-state index contributed by atoms with van der Waals surface area (Å²) in [6.07, 6.45) is 0. The zero-order valence-electron chi connectivity index (χ0n) is 42.4. The zero-order valence-corrected chi connectivity index (χ0v) is 43.2. The number of hydrogen-bond acceptors (Lipinski definition) is 5. The first-order valence-electron chi connectivity index (χ1n) is 25.9. The van der Waals surface area contributed by atoms with Crippen LogP contribution in [0.25, 0.3) is 110 Å². The Morgan fingerprint density at radius 2 is 0.733 bits per heavy atom. The Hall–Kier alpha value is -8.78. The Labute approximate surface area is 437 Å². The molecule has 0 unspecified atom stereocenters. The lowest BCUT2D eigenvalue weighted by Crippen LogP contribution is -2.22. The fourth-order valence-electron chi connectivity index (χ4n) is 12.9. The van der Waals surface area contributed by atoms with E-state index in [0.29, 0.717) is 17.8 Å². The van der Waals surface area contributed by atoms with Gasteiger partial charge in [0.1, 0.15) is 0 Å². The number of nitrogens with zero attached hydrogens (tertiary/aromatic N) is 6. The van der Waals surface area contributed by atoms with Crippen molar-refractivity contribution in [1.82, 2.24) is 24.1 Å². The van der Waals surface area contributed by atoms with E-state index in [1.165, 1.54) is 104 Å². The number of anilines is 3. The van der Waals surface area contributed by atoms with Crippen molar-refractivity contribution < 1.29 is 0 Å². The Morgan fingerprint density at radius 1 is 0.347 bits per heavy atom. The van der Waals surface area contributed by atoms with Crippen LogP contribution in [-0.2, 0) is 5.41 Å². The number of rotatable bonds is 3. The third-order valence-electron chi connectivity index (χ3n) is 16.5. The van der Waals surface area contributed by atoms with Gasteiger partial charge in [-0.3, -0.25) is 14.0 Å². The molecule has 0 atom stereocenters. The zero-order chi connectivity index (χ0) is 50.2. The van der Waals surface area contributed by atoms with Crippen LogP contribution >= 0.6 is 11.8 Å². The molecule has 1 aliphatic heterocycles. The van der Waals surface area contributed by atoms with Gasteiger partial charge in [0, 0.05) is 36.8 Å². The van der Waals surface area contributed by atoms with Crippen molar-refractivity contribution in [3.05, 3.63) is 215 Å². The van der Waals surface area contributed by atoms with Crippen molar-refractivity contribution in [2.75, 3.05) is 4.90 Å². The molecule has 0 fully saturated rings. The Morgan fingerprint density at radius 3 is 1.24 bits per heavy atom. The van der Waals surface area contributed by atoms with Crippen LogP contribution in [0.15, 0.2) is 192 Å². The fourth-order valence-corrected chi connectivity index (χ4v) is 14.0. The number of aryl methyl sites for hydroxylation is 4. The van der Waals surface area contributed by atoms with Gasteiger partial charge >= 0.3 is 0 Å². The van der Waals surface area contributed by atoms with Gasteiger partial charge in [0.05, 0.1) is 33.4 Å². The average molecular weight is 981 g/mol. The molecule has 0 radical (unpaired) electrons. The van der Waals surface area contributed by atoms with Crippen LogP contribution < -0.4 is 4.90 Å². The maximum absolute atomic E-state index is 5.73. The molecule has 6 nitrogen and oxygen atoms in total. The quantitative estimate of drug-likeness (QED) is 0.165. The average Bonchev–Trinajstić information content (AvgIpc) is 4.08. The van der Waals surface area contributed by atoms with Crippen LogP contribution in [0.1, 0.15) is 47.2 Å². The van der Waals surface area contributed by atoms with E-state index in [1.807, 2.05) is 11.8 Å². The smallest absolute Gasteiger partial charge is 0.241 e. The summed E-state index contributed by atoms with van der Waals surface area (Å²) in [7, 11) is 0. The maximum atomic E-state index is 5.73. The summed E-state index contributed by atoms with van der Waals surface area (Å²) >= 11 is 1.84. The van der Waals surface area contributed by atoms with Crippen LogP contribution in [-0.4, -0.2) is 24.1 Å². The van der Waals surface area contributed by atoms with Gasteiger partial charge in [-0.15, -0.1) is 0 Å². The second-order valence-electron chi connectivity index (χ2n) is 21.6. The molecular weight excluding hydrogens is 933 g/mol. The molecule has 0 spiro atoms. The Bertz CT molecular complexity index is 4640. The molecule has 356 valence electrons. The lowest BCUT2D eigenvalue weighted by molar-refractivity contribution is 0.660. The van der Waals surface area contributed by atoms with E-state index in [0.717, 1.165) is 48.6 Å². The summed E-state index contributed by atoms with van der Waals surface area (Å²) < 4.78 is 4.50. The topological polar surface area (TPSA) is 51.8 Å². The lowest BCUT2D eigenvalue weighted by Gasteiger charge is -2.33. The van der Waals surface area contributed by atoms with Crippen molar-refractivity contribution in [2.24, 2.45) is 0 Å². The van der Waals surface area contributed by atoms with Gasteiger partial charge in [0.2, 0.25) is 17.8 Å². The minimum atomic E-state index is -0.325. The summed E-state index contributed by atoms with van der Waals surface area (Å²) in [6.45, 7) is 13.5. The third-order valence-corrected chi connectivity index (χ3v) is 17.6. The highest BCUT2D eigenvalue weighted by Gasteiger charge is 2.40. The lowest BCUT2D eigenvalue weighted by atomic mass is 9.81. The minimum absolute atomic E-state index is 0.325. The van der Waals surface area contributed by atoms with Crippen molar-refractivity contribution in [1.29, 1.82) is 0 Å².